The van der Waals surface area contributed by atoms with Crippen molar-refractivity contribution < 1.29 is 18.3 Å². The van der Waals surface area contributed by atoms with E-state index in [0.29, 0.717) is 50.5 Å². The van der Waals surface area contributed by atoms with E-state index in [1.54, 1.807) is 0 Å². The zero-order valence-electron chi connectivity index (χ0n) is 26.0. The van der Waals surface area contributed by atoms with Gasteiger partial charge in [0.25, 0.3) is 6.43 Å². The van der Waals surface area contributed by atoms with Gasteiger partial charge in [-0.3, -0.25) is 14.7 Å². The average Bonchev–Trinajstić information content (AvgIpc) is 3.17. The van der Waals surface area contributed by atoms with Gasteiger partial charge in [-0.1, -0.05) is 18.7 Å². The summed E-state index contributed by atoms with van der Waals surface area (Å²) in [7, 11) is 0. The second kappa shape index (κ2) is 12.5. The van der Waals surface area contributed by atoms with Crippen LogP contribution >= 0.6 is 0 Å². The topological polar surface area (TPSA) is 114 Å². The largest absolute Gasteiger partial charge is 0.404 e. The lowest BCUT2D eigenvalue weighted by atomic mass is 9.79. The van der Waals surface area contributed by atoms with Crippen LogP contribution in [0.2, 0.25) is 0 Å². The maximum atomic E-state index is 14.6. The number of fused-ring (bicyclic) bond motifs is 3. The van der Waals surface area contributed by atoms with E-state index < -0.39 is 12.0 Å². The number of hydrogen-bond acceptors (Lipinski definition) is 9. The zero-order valence-corrected chi connectivity index (χ0v) is 26.0. The first-order valence-corrected chi connectivity index (χ1v) is 15.9. The number of aromatic nitrogens is 1. The number of halogens is 2. The van der Waals surface area contributed by atoms with E-state index in [4.69, 9.17) is 15.5 Å². The standard InChI is InChI=1S/C33H42F2N8O2/c1-4-29(44)41-14-12-40(13-15-41)27-19-43-25(27)7-5-6-24-26(43)16-28(39-30(24)32(34)35)42-11-9-33(17-22(42)3)31(21(2)18-37)38-23(8-10-36)20-45-33/h4-6,16,18,22-23,25,27,32H,1,7-9,11-15,17,19-20,37H2,2-3H3/b21-18-. The second-order valence-corrected chi connectivity index (χ2v) is 12.7. The summed E-state index contributed by atoms with van der Waals surface area (Å²) in [5, 5.41) is 9.22. The highest BCUT2D eigenvalue weighted by Crippen LogP contribution is 2.44. The van der Waals surface area contributed by atoms with Gasteiger partial charge >= 0.3 is 0 Å². The Morgan fingerprint density at radius 1 is 1.27 bits per heavy atom. The van der Waals surface area contributed by atoms with Crippen molar-refractivity contribution in [3.63, 3.8) is 0 Å². The van der Waals surface area contributed by atoms with Crippen LogP contribution in [0.1, 0.15) is 57.2 Å². The van der Waals surface area contributed by atoms with Crippen LogP contribution in [0.15, 0.2) is 41.6 Å². The van der Waals surface area contributed by atoms with E-state index in [-0.39, 0.29) is 42.2 Å². The number of amides is 1. The van der Waals surface area contributed by atoms with E-state index in [2.05, 4.69) is 39.3 Å². The van der Waals surface area contributed by atoms with E-state index in [1.165, 1.54) is 12.3 Å². The summed E-state index contributed by atoms with van der Waals surface area (Å²) < 4.78 is 35.6. The molecule has 10 nitrogen and oxygen atoms in total. The molecule has 0 radical (unpaired) electrons. The maximum Gasteiger partial charge on any atom is 0.281 e. The molecule has 6 heterocycles. The van der Waals surface area contributed by atoms with Crippen molar-refractivity contribution in [1.29, 1.82) is 5.26 Å². The summed E-state index contributed by atoms with van der Waals surface area (Å²) in [5.74, 6) is 0.504. The number of piperidine rings is 1. The number of rotatable bonds is 6. The summed E-state index contributed by atoms with van der Waals surface area (Å²) in [6, 6.07) is 4.30. The van der Waals surface area contributed by atoms with Crippen molar-refractivity contribution in [2.75, 3.05) is 55.7 Å². The first kappa shape index (κ1) is 31.2. The quantitative estimate of drug-likeness (QED) is 0.480. The van der Waals surface area contributed by atoms with Crippen LogP contribution in [0.3, 0.4) is 0 Å². The molecular formula is C33H42F2N8O2. The predicted molar refractivity (Wildman–Crippen MR) is 170 cm³/mol. The number of nitrogens with zero attached hydrogens (tertiary/aromatic N) is 7. The van der Waals surface area contributed by atoms with Gasteiger partial charge in [-0.2, -0.15) is 5.26 Å². The molecule has 0 aliphatic carbocycles. The molecule has 240 valence electrons. The maximum absolute atomic E-state index is 14.6. The number of anilines is 2. The van der Waals surface area contributed by atoms with Gasteiger partial charge in [0.1, 0.15) is 17.1 Å². The summed E-state index contributed by atoms with van der Waals surface area (Å²) >= 11 is 0. The molecule has 1 amide bonds. The van der Waals surface area contributed by atoms with Crippen molar-refractivity contribution >= 4 is 29.2 Å². The molecule has 5 aliphatic rings. The van der Waals surface area contributed by atoms with E-state index in [0.717, 1.165) is 43.0 Å². The minimum Gasteiger partial charge on any atom is -0.404 e. The Hall–Kier alpha value is -3.82. The van der Waals surface area contributed by atoms with Gasteiger partial charge in [0.2, 0.25) is 5.91 Å². The Morgan fingerprint density at radius 3 is 2.71 bits per heavy atom. The highest BCUT2D eigenvalue weighted by Gasteiger charge is 2.48. The first-order chi connectivity index (χ1) is 21.7. The van der Waals surface area contributed by atoms with Crippen LogP contribution in [-0.2, 0) is 9.53 Å². The molecule has 5 atom stereocenters. The molecule has 0 bridgehead atoms. The molecule has 6 rings (SSSR count). The third-order valence-corrected chi connectivity index (χ3v) is 10.2. The molecule has 3 fully saturated rings. The molecule has 2 N–H and O–H groups in total. The molecule has 5 unspecified atom stereocenters. The zero-order chi connectivity index (χ0) is 31.9. The van der Waals surface area contributed by atoms with Crippen LogP contribution in [0.4, 0.5) is 20.3 Å². The lowest BCUT2D eigenvalue weighted by Gasteiger charge is -2.55. The van der Waals surface area contributed by atoms with Gasteiger partial charge in [-0.25, -0.2) is 13.8 Å². The number of aliphatic imine (C=N–C) groups is 1. The molecule has 0 saturated carbocycles. The molecule has 1 aromatic rings. The van der Waals surface area contributed by atoms with Crippen LogP contribution < -0.4 is 15.5 Å². The van der Waals surface area contributed by atoms with Gasteiger partial charge in [-0.15, -0.1) is 0 Å². The SMILES string of the molecule is C=CC(=O)N1CCN(C2CN3c4cc(N5CCC6(CC5C)OCC(CC#N)N=C6/C(C)=C\N)nc(C(F)F)c4C=CCC23)CC1. The fraction of sp³-hybridized carbons (Fsp3) is 0.576. The summed E-state index contributed by atoms with van der Waals surface area (Å²) in [4.78, 5) is 30.1. The van der Waals surface area contributed by atoms with Crippen molar-refractivity contribution in [3.05, 3.63) is 47.8 Å². The number of nitrogens with two attached hydrogens (primary N) is 1. The number of carbonyl (C=O) groups excluding carboxylic acids is 1. The van der Waals surface area contributed by atoms with Crippen LogP contribution in [0.5, 0.6) is 0 Å². The smallest absolute Gasteiger partial charge is 0.281 e. The lowest BCUT2D eigenvalue weighted by molar-refractivity contribution is -0.128. The van der Waals surface area contributed by atoms with Gasteiger partial charge < -0.3 is 25.2 Å². The summed E-state index contributed by atoms with van der Waals surface area (Å²) in [6.45, 7) is 12.1. The van der Waals surface area contributed by atoms with Crippen LogP contribution in [0, 0.1) is 11.3 Å². The Labute approximate surface area is 263 Å². The normalized spacial score (nSPS) is 30.3. The van der Waals surface area contributed by atoms with Gasteiger partial charge in [-0.05, 0) is 44.5 Å². The van der Waals surface area contributed by atoms with E-state index in [9.17, 15) is 18.8 Å². The predicted octanol–water partition coefficient (Wildman–Crippen LogP) is 3.67. The Balaban J connectivity index is 1.24. The van der Waals surface area contributed by atoms with Crippen molar-refractivity contribution in [1.82, 2.24) is 14.8 Å². The highest BCUT2D eigenvalue weighted by molar-refractivity contribution is 6.06. The third kappa shape index (κ3) is 5.61. The minimum absolute atomic E-state index is 0.0404. The van der Waals surface area contributed by atoms with E-state index >= 15 is 0 Å². The van der Waals surface area contributed by atoms with Crippen LogP contribution in [-0.4, -0.2) is 102 Å². The molecule has 1 aromatic heterocycles. The van der Waals surface area contributed by atoms with Gasteiger partial charge in [0, 0.05) is 75.4 Å². The Morgan fingerprint density at radius 2 is 2.04 bits per heavy atom. The van der Waals surface area contributed by atoms with Crippen molar-refractivity contribution in [2.45, 2.75) is 75.7 Å². The van der Waals surface area contributed by atoms with Crippen molar-refractivity contribution in [2.24, 2.45) is 10.7 Å². The van der Waals surface area contributed by atoms with E-state index in [1.807, 2.05) is 30.0 Å². The number of piperazine rings is 1. The fourth-order valence-electron chi connectivity index (χ4n) is 7.75. The number of alkyl halides is 2. The summed E-state index contributed by atoms with van der Waals surface area (Å²) in [6.07, 6.45) is 6.21. The molecule has 1 spiro atoms. The molecule has 45 heavy (non-hydrogen) atoms. The first-order valence-electron chi connectivity index (χ1n) is 15.9. The van der Waals surface area contributed by atoms with Gasteiger partial charge in [0.05, 0.1) is 36.5 Å². The number of hydrogen-bond donors (Lipinski definition) is 1. The van der Waals surface area contributed by atoms with Gasteiger partial charge in [0.15, 0.2) is 0 Å². The fourth-order valence-corrected chi connectivity index (χ4v) is 7.75. The number of pyridine rings is 1. The molecule has 12 heteroatoms. The number of carbonyl (C=O) groups is 1. The van der Waals surface area contributed by atoms with Crippen molar-refractivity contribution in [3.8, 4) is 6.07 Å². The number of ether oxygens (including phenoxy) is 1. The number of nitriles is 1. The van der Waals surface area contributed by atoms with Crippen LogP contribution in [0.25, 0.3) is 6.08 Å². The molecule has 5 aliphatic heterocycles. The molecule has 0 aromatic carbocycles. The third-order valence-electron chi connectivity index (χ3n) is 10.2. The Kier molecular flexibility index (Phi) is 8.68. The monoisotopic (exact) mass is 620 g/mol. The average molecular weight is 621 g/mol. The Bertz CT molecular complexity index is 1460. The lowest BCUT2D eigenvalue weighted by Crippen LogP contribution is -2.69. The highest BCUT2D eigenvalue weighted by atomic mass is 19.3. The summed E-state index contributed by atoms with van der Waals surface area (Å²) in [5.41, 5.74) is 7.96. The minimum atomic E-state index is -2.71. The second-order valence-electron chi connectivity index (χ2n) is 12.7. The molecule has 3 saturated heterocycles. The molecular weight excluding hydrogens is 578 g/mol.